The van der Waals surface area contributed by atoms with Crippen LogP contribution in [0.25, 0.3) is 10.9 Å². The van der Waals surface area contributed by atoms with E-state index in [2.05, 4.69) is 4.98 Å². The van der Waals surface area contributed by atoms with Crippen LogP contribution in [0.5, 0.6) is 5.75 Å². The Bertz CT molecular complexity index is 1540. The van der Waals surface area contributed by atoms with Gasteiger partial charge < -0.3 is 24.3 Å². The van der Waals surface area contributed by atoms with Crippen LogP contribution in [-0.2, 0) is 27.3 Å². The highest BCUT2D eigenvalue weighted by Gasteiger charge is 2.48. The zero-order valence-electron chi connectivity index (χ0n) is 21.1. The number of methoxy groups -OCH3 is 2. The minimum Gasteiger partial charge on any atom is -0.497 e. The number of para-hydroxylation sites is 1. The molecule has 1 aromatic heterocycles. The van der Waals surface area contributed by atoms with Crippen LogP contribution < -0.4 is 4.74 Å². The van der Waals surface area contributed by atoms with Crippen molar-refractivity contribution in [1.29, 1.82) is 0 Å². The fraction of sp³-hybridized carbons (Fsp3) is 0.233. The molecule has 2 aliphatic heterocycles. The highest BCUT2D eigenvalue weighted by Crippen LogP contribution is 2.42. The number of piperazine rings is 1. The van der Waals surface area contributed by atoms with Crippen molar-refractivity contribution < 1.29 is 23.9 Å². The summed E-state index contributed by atoms with van der Waals surface area (Å²) in [4.78, 5) is 46.5. The van der Waals surface area contributed by atoms with Crippen LogP contribution in [0.15, 0.2) is 72.8 Å². The van der Waals surface area contributed by atoms with Crippen LogP contribution >= 0.6 is 0 Å². The maximum Gasteiger partial charge on any atom is 0.337 e. The van der Waals surface area contributed by atoms with Gasteiger partial charge in [-0.25, -0.2) is 4.79 Å². The number of aromatic amines is 1. The van der Waals surface area contributed by atoms with Crippen LogP contribution in [0.2, 0.25) is 0 Å². The summed E-state index contributed by atoms with van der Waals surface area (Å²) in [7, 11) is 2.95. The quantitative estimate of drug-likeness (QED) is 0.413. The van der Waals surface area contributed by atoms with E-state index in [-0.39, 0.29) is 18.4 Å². The number of H-pyrrole nitrogens is 1. The molecular weight excluding hydrogens is 482 g/mol. The zero-order chi connectivity index (χ0) is 26.4. The van der Waals surface area contributed by atoms with Crippen LogP contribution in [-0.4, -0.2) is 59.4 Å². The Kier molecular flexibility index (Phi) is 5.87. The molecule has 6 rings (SSSR count). The van der Waals surface area contributed by atoms with Crippen molar-refractivity contribution in [2.45, 2.75) is 25.0 Å². The van der Waals surface area contributed by atoms with Crippen LogP contribution in [0, 0.1) is 0 Å². The van der Waals surface area contributed by atoms with Gasteiger partial charge in [0.2, 0.25) is 11.8 Å². The summed E-state index contributed by atoms with van der Waals surface area (Å²) in [6, 6.07) is 21.4. The fourth-order valence-electron chi connectivity index (χ4n) is 5.67. The molecule has 3 aromatic carbocycles. The molecule has 2 unspecified atom stereocenters. The molecule has 2 amide bonds. The average molecular weight is 510 g/mol. The summed E-state index contributed by atoms with van der Waals surface area (Å²) >= 11 is 0. The SMILES string of the molecule is COC(=O)c1ccc(C2c3[nH]c4ccccc4c3CC3C(=O)N(Cc4ccc(OC)cc4)CC(=O)N32)cc1. The lowest BCUT2D eigenvalue weighted by molar-refractivity contribution is -0.159. The second-order valence-corrected chi connectivity index (χ2v) is 9.64. The van der Waals surface area contributed by atoms with Gasteiger partial charge in [0.05, 0.1) is 25.8 Å². The Hall–Kier alpha value is -4.59. The number of esters is 1. The molecule has 0 saturated carbocycles. The van der Waals surface area contributed by atoms with E-state index >= 15 is 0 Å². The zero-order valence-corrected chi connectivity index (χ0v) is 21.1. The Balaban J connectivity index is 1.40. The molecule has 0 radical (unpaired) electrons. The van der Waals surface area contributed by atoms with E-state index in [0.717, 1.165) is 39.0 Å². The highest BCUT2D eigenvalue weighted by molar-refractivity contribution is 5.97. The number of aromatic nitrogens is 1. The molecule has 2 aliphatic rings. The first-order chi connectivity index (χ1) is 18.5. The number of fused-ring (bicyclic) bond motifs is 4. The lowest BCUT2D eigenvalue weighted by Gasteiger charge is -2.47. The minimum atomic E-state index is -0.633. The largest absolute Gasteiger partial charge is 0.497 e. The van der Waals surface area contributed by atoms with Crippen molar-refractivity contribution in [2.24, 2.45) is 0 Å². The molecule has 1 N–H and O–H groups in total. The van der Waals surface area contributed by atoms with Crippen LogP contribution in [0.3, 0.4) is 0 Å². The van der Waals surface area contributed by atoms with E-state index in [0.29, 0.717) is 18.5 Å². The van der Waals surface area contributed by atoms with E-state index in [9.17, 15) is 14.4 Å². The number of rotatable bonds is 5. The second-order valence-electron chi connectivity index (χ2n) is 9.64. The van der Waals surface area contributed by atoms with Crippen LogP contribution in [0.4, 0.5) is 0 Å². The molecule has 1 fully saturated rings. The van der Waals surface area contributed by atoms with Gasteiger partial charge in [0.1, 0.15) is 18.3 Å². The Morgan fingerprint density at radius 2 is 1.71 bits per heavy atom. The molecule has 0 aliphatic carbocycles. The third kappa shape index (κ3) is 3.89. The van der Waals surface area contributed by atoms with E-state index in [1.807, 2.05) is 60.7 Å². The summed E-state index contributed by atoms with van der Waals surface area (Å²) in [5, 5.41) is 1.05. The molecule has 0 spiro atoms. The van der Waals surface area contributed by atoms with E-state index in [1.165, 1.54) is 7.11 Å². The predicted octanol–water partition coefficient (Wildman–Crippen LogP) is 3.85. The first kappa shape index (κ1) is 23.8. The van der Waals surface area contributed by atoms with Gasteiger partial charge in [0, 0.05) is 29.6 Å². The maximum absolute atomic E-state index is 13.9. The van der Waals surface area contributed by atoms with E-state index in [4.69, 9.17) is 9.47 Å². The summed E-state index contributed by atoms with van der Waals surface area (Å²) in [5.74, 6) is 0.117. The Morgan fingerprint density at radius 1 is 0.974 bits per heavy atom. The molecule has 1 saturated heterocycles. The van der Waals surface area contributed by atoms with E-state index < -0.39 is 18.1 Å². The second kappa shape index (κ2) is 9.37. The van der Waals surface area contributed by atoms with Gasteiger partial charge in [-0.15, -0.1) is 0 Å². The van der Waals surface area contributed by atoms with Crippen molar-refractivity contribution in [2.75, 3.05) is 20.8 Å². The Labute approximate surface area is 219 Å². The van der Waals surface area contributed by atoms with Crippen molar-refractivity contribution in [3.8, 4) is 5.75 Å². The minimum absolute atomic E-state index is 0.00628. The number of nitrogens with zero attached hydrogens (tertiary/aromatic N) is 2. The normalized spacial score (nSPS) is 18.8. The topological polar surface area (TPSA) is 91.9 Å². The first-order valence-electron chi connectivity index (χ1n) is 12.5. The molecule has 4 aromatic rings. The van der Waals surface area contributed by atoms with Crippen LogP contribution in [0.1, 0.15) is 38.8 Å². The average Bonchev–Trinajstić information content (AvgIpc) is 3.33. The standard InChI is InChI=1S/C30H27N3O5/c1-37-21-13-7-18(8-14-21)16-32-17-26(34)33-25(29(32)35)15-23-22-5-3-4-6-24(22)31-27(23)28(33)19-9-11-20(12-10-19)30(36)38-2/h3-14,25,28,31H,15-17H2,1-2H3. The van der Waals surface area contributed by atoms with Crippen molar-refractivity contribution >= 4 is 28.7 Å². The fourth-order valence-corrected chi connectivity index (χ4v) is 5.67. The van der Waals surface area contributed by atoms with Gasteiger partial charge in [-0.1, -0.05) is 42.5 Å². The number of benzene rings is 3. The highest BCUT2D eigenvalue weighted by atomic mass is 16.5. The van der Waals surface area contributed by atoms with Crippen molar-refractivity contribution in [3.05, 3.63) is 101 Å². The summed E-state index contributed by atoms with van der Waals surface area (Å²) in [6.45, 7) is 0.339. The summed E-state index contributed by atoms with van der Waals surface area (Å²) < 4.78 is 10.1. The molecule has 192 valence electrons. The Morgan fingerprint density at radius 3 is 2.42 bits per heavy atom. The molecule has 2 atom stereocenters. The first-order valence-corrected chi connectivity index (χ1v) is 12.5. The van der Waals surface area contributed by atoms with Gasteiger partial charge >= 0.3 is 5.97 Å². The number of ether oxygens (including phenoxy) is 2. The predicted molar refractivity (Wildman–Crippen MR) is 141 cm³/mol. The number of carbonyl (C=O) groups excluding carboxylic acids is 3. The van der Waals surface area contributed by atoms with Crippen molar-refractivity contribution in [3.63, 3.8) is 0 Å². The molecule has 3 heterocycles. The lowest BCUT2D eigenvalue weighted by Crippen LogP contribution is -2.62. The van der Waals surface area contributed by atoms with Gasteiger partial charge in [-0.3, -0.25) is 9.59 Å². The third-order valence-corrected chi connectivity index (χ3v) is 7.52. The third-order valence-electron chi connectivity index (χ3n) is 7.52. The van der Waals surface area contributed by atoms with Gasteiger partial charge in [0.25, 0.3) is 0 Å². The molecule has 0 bridgehead atoms. The number of hydrogen-bond acceptors (Lipinski definition) is 5. The van der Waals surface area contributed by atoms with Gasteiger partial charge in [0.15, 0.2) is 0 Å². The number of nitrogens with one attached hydrogen (secondary N) is 1. The maximum atomic E-state index is 13.9. The molecule has 8 heteroatoms. The number of amides is 2. The van der Waals surface area contributed by atoms with E-state index in [1.54, 1.807) is 29.0 Å². The lowest BCUT2D eigenvalue weighted by atomic mass is 9.86. The summed E-state index contributed by atoms with van der Waals surface area (Å²) in [5.41, 5.74) is 5.07. The number of hydrogen-bond donors (Lipinski definition) is 1. The summed E-state index contributed by atoms with van der Waals surface area (Å²) in [6.07, 6.45) is 0.430. The van der Waals surface area contributed by atoms with Gasteiger partial charge in [-0.05, 0) is 47.0 Å². The molecule has 8 nitrogen and oxygen atoms in total. The molecular formula is C30H27N3O5. The van der Waals surface area contributed by atoms with Gasteiger partial charge in [-0.2, -0.15) is 0 Å². The number of carbonyl (C=O) groups is 3. The molecule has 38 heavy (non-hydrogen) atoms. The smallest absolute Gasteiger partial charge is 0.337 e. The van der Waals surface area contributed by atoms with Crippen molar-refractivity contribution in [1.82, 2.24) is 14.8 Å². The monoisotopic (exact) mass is 509 g/mol.